The van der Waals surface area contributed by atoms with Crippen molar-refractivity contribution in [3.8, 4) is 0 Å². The lowest BCUT2D eigenvalue weighted by Crippen LogP contribution is -2.39. The van der Waals surface area contributed by atoms with Crippen LogP contribution in [0.5, 0.6) is 0 Å². The van der Waals surface area contributed by atoms with Gasteiger partial charge in [-0.15, -0.1) is 0 Å². The largest absolute Gasteiger partial charge is 0.355 e. The number of carbonyl (C=O) groups excluding carboxylic acids is 2. The molecule has 0 aliphatic heterocycles. The number of hydrogen-bond acceptors (Lipinski definition) is 2. The standard InChI is InChI=1S/C15H18ClFN2O2/c1-3-18-14(20)10-19(4-2)15(21)9-8-11-12(16)6-5-7-13(11)17/h5-9H,3-4,10H2,1-2H3,(H,18,20). The van der Waals surface area contributed by atoms with E-state index in [4.69, 9.17) is 11.6 Å². The Balaban J connectivity index is 2.78. The van der Waals surface area contributed by atoms with Gasteiger partial charge < -0.3 is 10.2 Å². The van der Waals surface area contributed by atoms with Crippen molar-refractivity contribution in [2.75, 3.05) is 19.6 Å². The van der Waals surface area contributed by atoms with E-state index in [-0.39, 0.29) is 28.9 Å². The fourth-order valence-corrected chi connectivity index (χ4v) is 1.93. The Morgan fingerprint density at radius 2 is 2.10 bits per heavy atom. The quantitative estimate of drug-likeness (QED) is 0.820. The van der Waals surface area contributed by atoms with Gasteiger partial charge in [-0.2, -0.15) is 0 Å². The topological polar surface area (TPSA) is 49.4 Å². The summed E-state index contributed by atoms with van der Waals surface area (Å²) in [4.78, 5) is 24.8. The number of rotatable bonds is 6. The van der Waals surface area contributed by atoms with E-state index in [0.717, 1.165) is 0 Å². The van der Waals surface area contributed by atoms with Crippen LogP contribution in [0.2, 0.25) is 5.02 Å². The molecule has 1 aromatic rings. The van der Waals surface area contributed by atoms with Gasteiger partial charge in [-0.05, 0) is 32.1 Å². The zero-order chi connectivity index (χ0) is 15.8. The van der Waals surface area contributed by atoms with Crippen molar-refractivity contribution in [1.29, 1.82) is 0 Å². The SMILES string of the molecule is CCNC(=O)CN(CC)C(=O)C=Cc1c(F)cccc1Cl. The number of nitrogens with zero attached hydrogens (tertiary/aromatic N) is 1. The van der Waals surface area contributed by atoms with E-state index in [1.165, 1.54) is 29.2 Å². The van der Waals surface area contributed by atoms with Crippen LogP contribution in [0, 0.1) is 5.82 Å². The van der Waals surface area contributed by atoms with E-state index < -0.39 is 5.82 Å². The zero-order valence-electron chi connectivity index (χ0n) is 12.0. The lowest BCUT2D eigenvalue weighted by molar-refractivity contribution is -0.132. The van der Waals surface area contributed by atoms with Gasteiger partial charge >= 0.3 is 0 Å². The van der Waals surface area contributed by atoms with Crippen LogP contribution in [0.3, 0.4) is 0 Å². The second-order valence-electron chi connectivity index (χ2n) is 4.27. The summed E-state index contributed by atoms with van der Waals surface area (Å²) in [5, 5.41) is 2.85. The van der Waals surface area contributed by atoms with Gasteiger partial charge in [-0.25, -0.2) is 4.39 Å². The van der Waals surface area contributed by atoms with Crippen LogP contribution >= 0.6 is 11.6 Å². The Hall–Kier alpha value is -1.88. The third-order valence-corrected chi connectivity index (χ3v) is 3.12. The highest BCUT2D eigenvalue weighted by atomic mass is 35.5. The minimum absolute atomic E-state index is 0.0292. The summed E-state index contributed by atoms with van der Waals surface area (Å²) in [6, 6.07) is 4.30. The first-order valence-corrected chi connectivity index (χ1v) is 7.05. The molecule has 114 valence electrons. The summed E-state index contributed by atoms with van der Waals surface area (Å²) in [6.45, 7) is 4.42. The molecule has 0 unspecified atom stereocenters. The lowest BCUT2D eigenvalue weighted by Gasteiger charge is -2.18. The minimum atomic E-state index is -0.502. The number of amides is 2. The molecule has 6 heteroatoms. The lowest BCUT2D eigenvalue weighted by atomic mass is 10.2. The summed E-state index contributed by atoms with van der Waals surface area (Å²) >= 11 is 5.87. The monoisotopic (exact) mass is 312 g/mol. The van der Waals surface area contributed by atoms with Gasteiger partial charge in [0.05, 0.1) is 11.6 Å². The molecule has 0 aliphatic rings. The van der Waals surface area contributed by atoms with Gasteiger partial charge in [0.25, 0.3) is 0 Å². The Labute approximate surface area is 128 Å². The molecule has 2 amide bonds. The van der Waals surface area contributed by atoms with E-state index in [1.807, 2.05) is 0 Å². The Morgan fingerprint density at radius 1 is 1.38 bits per heavy atom. The number of hydrogen-bond donors (Lipinski definition) is 1. The zero-order valence-corrected chi connectivity index (χ0v) is 12.8. The molecule has 0 aliphatic carbocycles. The molecule has 4 nitrogen and oxygen atoms in total. The van der Waals surface area contributed by atoms with Gasteiger partial charge in [0.1, 0.15) is 5.82 Å². The number of nitrogens with one attached hydrogen (secondary N) is 1. The van der Waals surface area contributed by atoms with Crippen LogP contribution in [0.1, 0.15) is 19.4 Å². The molecule has 0 saturated carbocycles. The fourth-order valence-electron chi connectivity index (χ4n) is 1.70. The highest BCUT2D eigenvalue weighted by Gasteiger charge is 2.13. The van der Waals surface area contributed by atoms with Crippen LogP contribution < -0.4 is 5.32 Å². The maximum Gasteiger partial charge on any atom is 0.247 e. The predicted octanol–water partition coefficient (Wildman–Crippen LogP) is 2.48. The molecular formula is C15H18ClFN2O2. The smallest absolute Gasteiger partial charge is 0.247 e. The third-order valence-electron chi connectivity index (χ3n) is 2.79. The molecular weight excluding hydrogens is 295 g/mol. The average Bonchev–Trinajstić information content (AvgIpc) is 2.44. The van der Waals surface area contributed by atoms with E-state index in [0.29, 0.717) is 13.1 Å². The van der Waals surface area contributed by atoms with Crippen LogP contribution in [-0.2, 0) is 9.59 Å². The minimum Gasteiger partial charge on any atom is -0.355 e. The summed E-state index contributed by atoms with van der Waals surface area (Å²) in [6.07, 6.45) is 2.54. The van der Waals surface area contributed by atoms with Gasteiger partial charge in [-0.3, -0.25) is 9.59 Å². The number of likely N-dealkylation sites (N-methyl/N-ethyl adjacent to an activating group) is 2. The molecule has 0 spiro atoms. The van der Waals surface area contributed by atoms with Crippen molar-refractivity contribution in [3.63, 3.8) is 0 Å². The van der Waals surface area contributed by atoms with Gasteiger partial charge in [0.2, 0.25) is 11.8 Å². The molecule has 0 radical (unpaired) electrons. The molecule has 1 aromatic carbocycles. The van der Waals surface area contributed by atoms with Crippen molar-refractivity contribution < 1.29 is 14.0 Å². The van der Waals surface area contributed by atoms with E-state index in [2.05, 4.69) is 5.32 Å². The molecule has 0 fully saturated rings. The van der Waals surface area contributed by atoms with Gasteiger partial charge in [-0.1, -0.05) is 17.7 Å². The average molecular weight is 313 g/mol. The van der Waals surface area contributed by atoms with Crippen molar-refractivity contribution in [1.82, 2.24) is 10.2 Å². The molecule has 0 heterocycles. The Morgan fingerprint density at radius 3 is 2.67 bits per heavy atom. The predicted molar refractivity (Wildman–Crippen MR) is 81.4 cm³/mol. The first kappa shape index (κ1) is 17.2. The highest BCUT2D eigenvalue weighted by molar-refractivity contribution is 6.32. The van der Waals surface area contributed by atoms with Gasteiger partial charge in [0, 0.05) is 24.7 Å². The molecule has 1 rings (SSSR count). The maximum atomic E-state index is 13.6. The first-order valence-electron chi connectivity index (χ1n) is 6.67. The van der Waals surface area contributed by atoms with Crippen LogP contribution in [0.15, 0.2) is 24.3 Å². The third kappa shape index (κ3) is 5.19. The van der Waals surface area contributed by atoms with Crippen molar-refractivity contribution >= 4 is 29.5 Å². The van der Waals surface area contributed by atoms with Crippen LogP contribution in [0.4, 0.5) is 4.39 Å². The molecule has 0 aromatic heterocycles. The maximum absolute atomic E-state index is 13.6. The number of carbonyl (C=O) groups is 2. The number of benzene rings is 1. The normalized spacial score (nSPS) is 10.7. The van der Waals surface area contributed by atoms with Crippen LogP contribution in [0.25, 0.3) is 6.08 Å². The Kier molecular flexibility index (Phi) is 6.88. The first-order chi connectivity index (χ1) is 9.99. The van der Waals surface area contributed by atoms with Crippen LogP contribution in [-0.4, -0.2) is 36.3 Å². The van der Waals surface area contributed by atoms with E-state index in [9.17, 15) is 14.0 Å². The Bertz CT molecular complexity index is 526. The molecule has 1 N–H and O–H groups in total. The summed E-state index contributed by atoms with van der Waals surface area (Å²) in [5.41, 5.74) is 0.154. The van der Waals surface area contributed by atoms with Crippen molar-refractivity contribution in [2.24, 2.45) is 0 Å². The number of halogens is 2. The second kappa shape index (κ2) is 8.42. The summed E-state index contributed by atoms with van der Waals surface area (Å²) < 4.78 is 13.6. The fraction of sp³-hybridized carbons (Fsp3) is 0.333. The van der Waals surface area contributed by atoms with Crippen molar-refractivity contribution in [2.45, 2.75) is 13.8 Å². The second-order valence-corrected chi connectivity index (χ2v) is 4.68. The van der Waals surface area contributed by atoms with E-state index in [1.54, 1.807) is 19.9 Å². The molecule has 21 heavy (non-hydrogen) atoms. The van der Waals surface area contributed by atoms with Gasteiger partial charge in [0.15, 0.2) is 0 Å². The van der Waals surface area contributed by atoms with Crippen molar-refractivity contribution in [3.05, 3.63) is 40.7 Å². The molecule has 0 atom stereocenters. The molecule has 0 saturated heterocycles. The molecule has 0 bridgehead atoms. The highest BCUT2D eigenvalue weighted by Crippen LogP contribution is 2.20. The summed E-state index contributed by atoms with van der Waals surface area (Å²) in [7, 11) is 0. The summed E-state index contributed by atoms with van der Waals surface area (Å²) in [5.74, 6) is -1.11. The van der Waals surface area contributed by atoms with E-state index >= 15 is 0 Å².